The Morgan fingerprint density at radius 1 is 1.40 bits per heavy atom. The number of aromatic nitrogens is 1. The summed E-state index contributed by atoms with van der Waals surface area (Å²) < 4.78 is 1.56. The standard InChI is InChI=1S/C14H22Cl2N2O2/c1-4-14(5-2,6-7-19)9-17-13(20)11-8-10(15)12(16)18(11)3/h8,19H,4-7,9H2,1-3H3,(H,17,20). The van der Waals surface area contributed by atoms with Crippen LogP contribution in [0.15, 0.2) is 6.07 Å². The summed E-state index contributed by atoms with van der Waals surface area (Å²) in [6.07, 6.45) is 2.48. The molecular formula is C14H22Cl2N2O2. The van der Waals surface area contributed by atoms with Gasteiger partial charge in [0, 0.05) is 20.2 Å². The Bertz CT molecular complexity index is 468. The molecule has 1 heterocycles. The highest BCUT2D eigenvalue weighted by molar-refractivity contribution is 6.41. The molecule has 114 valence electrons. The molecule has 1 aromatic heterocycles. The summed E-state index contributed by atoms with van der Waals surface area (Å²) in [5, 5.41) is 12.8. The van der Waals surface area contributed by atoms with Crippen LogP contribution in [0.25, 0.3) is 0 Å². The summed E-state index contributed by atoms with van der Waals surface area (Å²) in [6.45, 7) is 4.79. The van der Waals surface area contributed by atoms with E-state index in [1.807, 2.05) is 0 Å². The van der Waals surface area contributed by atoms with E-state index in [1.54, 1.807) is 17.7 Å². The first-order valence-electron chi connectivity index (χ1n) is 6.80. The molecule has 0 aliphatic rings. The molecule has 1 amide bonds. The third-order valence-corrected chi connectivity index (χ3v) is 4.96. The lowest BCUT2D eigenvalue weighted by atomic mass is 9.79. The van der Waals surface area contributed by atoms with Gasteiger partial charge in [0.05, 0.1) is 5.02 Å². The maximum atomic E-state index is 12.2. The first kappa shape index (κ1) is 17.3. The van der Waals surface area contributed by atoms with Crippen molar-refractivity contribution in [1.82, 2.24) is 9.88 Å². The van der Waals surface area contributed by atoms with Crippen LogP contribution in [0.5, 0.6) is 0 Å². The van der Waals surface area contributed by atoms with Crippen molar-refractivity contribution in [2.75, 3.05) is 13.2 Å². The molecule has 0 bridgehead atoms. The number of amides is 1. The molecular weight excluding hydrogens is 299 g/mol. The van der Waals surface area contributed by atoms with Crippen molar-refractivity contribution in [3.05, 3.63) is 21.9 Å². The fraction of sp³-hybridized carbons (Fsp3) is 0.643. The predicted octanol–water partition coefficient (Wildman–Crippen LogP) is 3.25. The topological polar surface area (TPSA) is 54.3 Å². The van der Waals surface area contributed by atoms with Crippen LogP contribution < -0.4 is 5.32 Å². The molecule has 0 fully saturated rings. The Morgan fingerprint density at radius 3 is 2.40 bits per heavy atom. The molecule has 0 saturated carbocycles. The number of nitrogens with zero attached hydrogens (tertiary/aromatic N) is 1. The summed E-state index contributed by atoms with van der Waals surface area (Å²) in [6, 6.07) is 1.56. The fourth-order valence-electron chi connectivity index (χ4n) is 2.30. The summed E-state index contributed by atoms with van der Waals surface area (Å²) in [7, 11) is 1.70. The zero-order valence-electron chi connectivity index (χ0n) is 12.2. The van der Waals surface area contributed by atoms with Crippen LogP contribution >= 0.6 is 23.2 Å². The van der Waals surface area contributed by atoms with Gasteiger partial charge in [0.25, 0.3) is 5.91 Å². The molecule has 6 heteroatoms. The van der Waals surface area contributed by atoms with E-state index in [9.17, 15) is 9.90 Å². The van der Waals surface area contributed by atoms with Gasteiger partial charge in [-0.3, -0.25) is 4.79 Å². The minimum atomic E-state index is -0.203. The fourth-order valence-corrected chi connectivity index (χ4v) is 2.67. The number of carbonyl (C=O) groups excluding carboxylic acids is 1. The lowest BCUT2D eigenvalue weighted by molar-refractivity contribution is 0.0899. The van der Waals surface area contributed by atoms with Crippen molar-refractivity contribution in [2.24, 2.45) is 12.5 Å². The van der Waals surface area contributed by atoms with Crippen molar-refractivity contribution < 1.29 is 9.90 Å². The summed E-state index contributed by atoms with van der Waals surface area (Å²) >= 11 is 11.9. The first-order chi connectivity index (χ1) is 9.40. The number of rotatable bonds is 7. The van der Waals surface area contributed by atoms with Crippen molar-refractivity contribution in [1.29, 1.82) is 0 Å². The molecule has 0 radical (unpaired) electrons. The van der Waals surface area contributed by atoms with Crippen molar-refractivity contribution in [2.45, 2.75) is 33.1 Å². The minimum absolute atomic E-state index is 0.0663. The molecule has 0 aliphatic heterocycles. The van der Waals surface area contributed by atoms with Gasteiger partial charge < -0.3 is 15.0 Å². The highest BCUT2D eigenvalue weighted by Crippen LogP contribution is 2.30. The number of nitrogens with one attached hydrogen (secondary N) is 1. The Kier molecular flexibility index (Phi) is 6.37. The van der Waals surface area contributed by atoms with Crippen LogP contribution in [0, 0.1) is 5.41 Å². The van der Waals surface area contributed by atoms with Crippen molar-refractivity contribution in [3.8, 4) is 0 Å². The lowest BCUT2D eigenvalue weighted by Crippen LogP contribution is -2.38. The second kappa shape index (κ2) is 7.34. The number of carbonyl (C=O) groups is 1. The van der Waals surface area contributed by atoms with Crippen LogP contribution in [0.4, 0.5) is 0 Å². The smallest absolute Gasteiger partial charge is 0.268 e. The SMILES string of the molecule is CCC(CC)(CCO)CNC(=O)c1cc(Cl)c(Cl)n1C. The van der Waals surface area contributed by atoms with Crippen LogP contribution in [0.1, 0.15) is 43.6 Å². The maximum absolute atomic E-state index is 12.2. The molecule has 0 aliphatic carbocycles. The van der Waals surface area contributed by atoms with Crippen LogP contribution in [0.2, 0.25) is 10.2 Å². The van der Waals surface area contributed by atoms with E-state index in [-0.39, 0.29) is 17.9 Å². The van der Waals surface area contributed by atoms with Crippen LogP contribution in [0.3, 0.4) is 0 Å². The van der Waals surface area contributed by atoms with Gasteiger partial charge in [-0.25, -0.2) is 0 Å². The lowest BCUT2D eigenvalue weighted by Gasteiger charge is -2.31. The molecule has 0 aromatic carbocycles. The predicted molar refractivity (Wildman–Crippen MR) is 82.5 cm³/mol. The molecule has 20 heavy (non-hydrogen) atoms. The Balaban J connectivity index is 2.77. The van der Waals surface area contributed by atoms with Gasteiger partial charge in [0.2, 0.25) is 0 Å². The van der Waals surface area contributed by atoms with E-state index in [0.717, 1.165) is 12.8 Å². The number of hydrogen-bond donors (Lipinski definition) is 2. The third kappa shape index (κ3) is 3.68. The van der Waals surface area contributed by atoms with E-state index in [2.05, 4.69) is 19.2 Å². The molecule has 4 nitrogen and oxygen atoms in total. The number of halogens is 2. The largest absolute Gasteiger partial charge is 0.396 e. The summed E-state index contributed by atoms with van der Waals surface area (Å²) in [5.41, 5.74) is 0.369. The number of aliphatic hydroxyl groups excluding tert-OH is 1. The molecule has 0 unspecified atom stereocenters. The van der Waals surface area contributed by atoms with Gasteiger partial charge in [0.1, 0.15) is 10.8 Å². The van der Waals surface area contributed by atoms with Gasteiger partial charge in [-0.2, -0.15) is 0 Å². The second-order valence-electron chi connectivity index (χ2n) is 5.09. The highest BCUT2D eigenvalue weighted by Gasteiger charge is 2.27. The van der Waals surface area contributed by atoms with Crippen LogP contribution in [-0.4, -0.2) is 28.7 Å². The Hall–Kier alpha value is -0.710. The van der Waals surface area contributed by atoms with Crippen LogP contribution in [-0.2, 0) is 7.05 Å². The van der Waals surface area contributed by atoms with E-state index in [4.69, 9.17) is 23.2 Å². The average Bonchev–Trinajstić information content (AvgIpc) is 2.71. The van der Waals surface area contributed by atoms with Gasteiger partial charge in [-0.15, -0.1) is 0 Å². The zero-order valence-corrected chi connectivity index (χ0v) is 13.7. The third-order valence-electron chi connectivity index (χ3n) is 4.12. The molecule has 0 atom stereocenters. The second-order valence-corrected chi connectivity index (χ2v) is 5.86. The number of hydrogen-bond acceptors (Lipinski definition) is 2. The highest BCUT2D eigenvalue weighted by atomic mass is 35.5. The van der Waals surface area contributed by atoms with E-state index in [1.165, 1.54) is 0 Å². The van der Waals surface area contributed by atoms with Gasteiger partial charge in [-0.1, -0.05) is 37.0 Å². The monoisotopic (exact) mass is 320 g/mol. The summed E-state index contributed by atoms with van der Waals surface area (Å²) in [5.74, 6) is -0.203. The first-order valence-corrected chi connectivity index (χ1v) is 7.56. The van der Waals surface area contributed by atoms with Crippen molar-refractivity contribution in [3.63, 3.8) is 0 Å². The van der Waals surface area contributed by atoms with E-state index >= 15 is 0 Å². The van der Waals surface area contributed by atoms with Crippen molar-refractivity contribution >= 4 is 29.1 Å². The summed E-state index contributed by atoms with van der Waals surface area (Å²) in [4.78, 5) is 12.2. The quantitative estimate of drug-likeness (QED) is 0.810. The zero-order chi connectivity index (χ0) is 15.3. The average molecular weight is 321 g/mol. The van der Waals surface area contributed by atoms with Gasteiger partial charge in [-0.05, 0) is 30.7 Å². The molecule has 1 rings (SSSR count). The number of aliphatic hydroxyl groups is 1. The van der Waals surface area contributed by atoms with E-state index < -0.39 is 0 Å². The maximum Gasteiger partial charge on any atom is 0.268 e. The van der Waals surface area contributed by atoms with E-state index in [0.29, 0.717) is 28.8 Å². The molecule has 2 N–H and O–H groups in total. The Morgan fingerprint density at radius 2 is 2.00 bits per heavy atom. The minimum Gasteiger partial charge on any atom is -0.396 e. The Labute approximate surface area is 130 Å². The molecule has 1 aromatic rings. The van der Waals surface area contributed by atoms with Gasteiger partial charge >= 0.3 is 0 Å². The molecule has 0 spiro atoms. The molecule has 0 saturated heterocycles. The van der Waals surface area contributed by atoms with Gasteiger partial charge in [0.15, 0.2) is 0 Å². The normalized spacial score (nSPS) is 11.7.